The normalized spacial score (nSPS) is 15.4. The van der Waals surface area contributed by atoms with Crippen molar-refractivity contribution in [3.8, 4) is 11.1 Å². The molecule has 3 rings (SSSR count). The van der Waals surface area contributed by atoms with Gasteiger partial charge in [0, 0.05) is 13.1 Å². The van der Waals surface area contributed by atoms with Crippen molar-refractivity contribution in [2.24, 2.45) is 0 Å². The van der Waals surface area contributed by atoms with Crippen molar-refractivity contribution >= 4 is 16.0 Å². The maximum absolute atomic E-state index is 12.8. The van der Waals surface area contributed by atoms with E-state index in [9.17, 15) is 23.4 Å². The second kappa shape index (κ2) is 6.95. The Morgan fingerprint density at radius 3 is 2.40 bits per heavy atom. The first-order valence-electron chi connectivity index (χ1n) is 8.01. The van der Waals surface area contributed by atoms with Crippen molar-refractivity contribution < 1.29 is 23.4 Å². The molecule has 7 heteroatoms. The second-order valence-corrected chi connectivity index (χ2v) is 7.92. The molecule has 1 fully saturated rings. The van der Waals surface area contributed by atoms with Gasteiger partial charge in [-0.15, -0.1) is 0 Å². The van der Waals surface area contributed by atoms with E-state index in [0.29, 0.717) is 29.8 Å². The maximum atomic E-state index is 12.8. The molecule has 25 heavy (non-hydrogen) atoms. The van der Waals surface area contributed by atoms with E-state index in [-0.39, 0.29) is 17.1 Å². The minimum Gasteiger partial charge on any atom is -0.478 e. The molecule has 0 aromatic heterocycles. The molecule has 2 aromatic rings. The average molecular weight is 361 g/mol. The lowest BCUT2D eigenvalue weighted by Gasteiger charge is -2.17. The van der Waals surface area contributed by atoms with E-state index in [1.54, 1.807) is 24.3 Å². The standard InChI is InChI=1S/C18H19NO5S/c20-12-13-5-1-2-6-17(13)14-9-15(18(21)22)11-16(10-14)25(23,24)19-7-3-4-8-19/h1-2,5-6,9-11,20H,3-4,7-8,12H2,(H,21,22). The van der Waals surface area contributed by atoms with Crippen molar-refractivity contribution in [1.29, 1.82) is 0 Å². The zero-order chi connectivity index (χ0) is 18.0. The van der Waals surface area contributed by atoms with Gasteiger partial charge in [-0.05, 0) is 47.7 Å². The summed E-state index contributed by atoms with van der Waals surface area (Å²) in [5.41, 5.74) is 1.59. The molecule has 0 aliphatic carbocycles. The number of carboxylic acid groups (broad SMARTS) is 1. The summed E-state index contributed by atoms with van der Waals surface area (Å²) in [5.74, 6) is -1.19. The van der Waals surface area contributed by atoms with Crippen molar-refractivity contribution in [2.45, 2.75) is 24.3 Å². The number of aliphatic hydroxyl groups is 1. The Bertz CT molecular complexity index is 901. The van der Waals surface area contributed by atoms with E-state index in [4.69, 9.17) is 0 Å². The van der Waals surface area contributed by atoms with Crippen LogP contribution in [0.2, 0.25) is 0 Å². The summed E-state index contributed by atoms with van der Waals surface area (Å²) in [7, 11) is -3.74. The Balaban J connectivity index is 2.17. The van der Waals surface area contributed by atoms with Gasteiger partial charge < -0.3 is 10.2 Å². The van der Waals surface area contributed by atoms with Crippen LogP contribution in [0.3, 0.4) is 0 Å². The van der Waals surface area contributed by atoms with Crippen molar-refractivity contribution in [3.05, 3.63) is 53.6 Å². The quantitative estimate of drug-likeness (QED) is 0.852. The highest BCUT2D eigenvalue weighted by atomic mass is 32.2. The molecule has 1 aliphatic rings. The van der Waals surface area contributed by atoms with Crippen LogP contribution in [0.25, 0.3) is 11.1 Å². The smallest absolute Gasteiger partial charge is 0.335 e. The summed E-state index contributed by atoms with van der Waals surface area (Å²) in [6, 6.07) is 11.1. The first-order chi connectivity index (χ1) is 11.9. The topological polar surface area (TPSA) is 94.9 Å². The van der Waals surface area contributed by atoms with E-state index in [2.05, 4.69) is 0 Å². The molecule has 0 atom stereocenters. The number of sulfonamides is 1. The van der Waals surface area contributed by atoms with E-state index in [1.165, 1.54) is 22.5 Å². The monoisotopic (exact) mass is 361 g/mol. The summed E-state index contributed by atoms with van der Waals surface area (Å²) in [5, 5.41) is 18.9. The molecule has 2 N–H and O–H groups in total. The highest BCUT2D eigenvalue weighted by Crippen LogP contribution is 2.30. The molecule has 0 saturated carbocycles. The Hall–Kier alpha value is -2.22. The number of benzene rings is 2. The predicted molar refractivity (Wildman–Crippen MR) is 92.8 cm³/mol. The van der Waals surface area contributed by atoms with Crippen molar-refractivity contribution in [2.75, 3.05) is 13.1 Å². The number of aromatic carboxylic acids is 1. The number of aliphatic hydroxyl groups excluding tert-OH is 1. The zero-order valence-electron chi connectivity index (χ0n) is 13.6. The molecular formula is C18H19NO5S. The fraction of sp³-hybridized carbons (Fsp3) is 0.278. The van der Waals surface area contributed by atoms with Crippen LogP contribution < -0.4 is 0 Å². The third-order valence-corrected chi connectivity index (χ3v) is 6.23. The number of rotatable bonds is 5. The van der Waals surface area contributed by atoms with E-state index in [0.717, 1.165) is 12.8 Å². The van der Waals surface area contributed by atoms with Gasteiger partial charge in [-0.1, -0.05) is 24.3 Å². The summed E-state index contributed by atoms with van der Waals surface area (Å²) in [6.45, 7) is 0.673. The summed E-state index contributed by atoms with van der Waals surface area (Å²) in [6.07, 6.45) is 1.61. The molecule has 0 spiro atoms. The molecule has 6 nitrogen and oxygen atoms in total. The van der Waals surface area contributed by atoms with Gasteiger partial charge in [-0.25, -0.2) is 13.2 Å². The van der Waals surface area contributed by atoms with Crippen LogP contribution in [-0.2, 0) is 16.6 Å². The Labute approximate surface area is 146 Å². The van der Waals surface area contributed by atoms with E-state index >= 15 is 0 Å². The van der Waals surface area contributed by atoms with Crippen LogP contribution in [0.1, 0.15) is 28.8 Å². The summed E-state index contributed by atoms with van der Waals surface area (Å²) >= 11 is 0. The molecule has 1 heterocycles. The van der Waals surface area contributed by atoms with Gasteiger partial charge in [0.2, 0.25) is 10.0 Å². The van der Waals surface area contributed by atoms with E-state index < -0.39 is 16.0 Å². The van der Waals surface area contributed by atoms with E-state index in [1.807, 2.05) is 0 Å². The fourth-order valence-electron chi connectivity index (χ4n) is 3.04. The number of hydrogen-bond acceptors (Lipinski definition) is 4. The molecular weight excluding hydrogens is 342 g/mol. The molecule has 0 bridgehead atoms. The molecule has 2 aromatic carbocycles. The van der Waals surface area contributed by atoms with Crippen LogP contribution in [0.5, 0.6) is 0 Å². The molecule has 1 saturated heterocycles. The number of carboxylic acids is 1. The van der Waals surface area contributed by atoms with Crippen molar-refractivity contribution in [1.82, 2.24) is 4.31 Å². The average Bonchev–Trinajstić information content (AvgIpc) is 3.16. The number of carbonyl (C=O) groups is 1. The van der Waals surface area contributed by atoms with Crippen molar-refractivity contribution in [3.63, 3.8) is 0 Å². The van der Waals surface area contributed by atoms with Gasteiger partial charge in [0.15, 0.2) is 0 Å². The van der Waals surface area contributed by atoms with Gasteiger partial charge in [-0.3, -0.25) is 0 Å². The van der Waals surface area contributed by atoms with Gasteiger partial charge in [0.05, 0.1) is 17.1 Å². The minimum absolute atomic E-state index is 0.0305. The fourth-order valence-corrected chi connectivity index (χ4v) is 4.63. The molecule has 132 valence electrons. The summed E-state index contributed by atoms with van der Waals surface area (Å²) in [4.78, 5) is 11.5. The Morgan fingerprint density at radius 2 is 1.76 bits per heavy atom. The van der Waals surface area contributed by atoms with Crippen LogP contribution >= 0.6 is 0 Å². The maximum Gasteiger partial charge on any atom is 0.335 e. The lowest BCUT2D eigenvalue weighted by atomic mass is 9.98. The minimum atomic E-state index is -3.74. The second-order valence-electron chi connectivity index (χ2n) is 5.98. The van der Waals surface area contributed by atoms with Crippen LogP contribution in [-0.4, -0.2) is 42.0 Å². The first-order valence-corrected chi connectivity index (χ1v) is 9.45. The zero-order valence-corrected chi connectivity index (χ0v) is 14.4. The predicted octanol–water partition coefficient (Wildman–Crippen LogP) is 2.33. The van der Waals surface area contributed by atoms with Gasteiger partial charge in [0.1, 0.15) is 0 Å². The van der Waals surface area contributed by atoms with Crippen LogP contribution in [0.15, 0.2) is 47.4 Å². The Kier molecular flexibility index (Phi) is 4.89. The highest BCUT2D eigenvalue weighted by Gasteiger charge is 2.28. The first kappa shape index (κ1) is 17.6. The molecule has 0 radical (unpaired) electrons. The third-order valence-electron chi connectivity index (χ3n) is 4.35. The summed E-state index contributed by atoms with van der Waals surface area (Å²) < 4.78 is 27.0. The lowest BCUT2D eigenvalue weighted by Crippen LogP contribution is -2.28. The molecule has 0 unspecified atom stereocenters. The van der Waals surface area contributed by atoms with Gasteiger partial charge in [-0.2, -0.15) is 4.31 Å². The number of hydrogen-bond donors (Lipinski definition) is 2. The highest BCUT2D eigenvalue weighted by molar-refractivity contribution is 7.89. The van der Waals surface area contributed by atoms with Gasteiger partial charge in [0.25, 0.3) is 0 Å². The van der Waals surface area contributed by atoms with Crippen LogP contribution in [0, 0.1) is 0 Å². The number of nitrogens with zero attached hydrogens (tertiary/aromatic N) is 1. The third kappa shape index (κ3) is 3.44. The lowest BCUT2D eigenvalue weighted by molar-refractivity contribution is 0.0696. The molecule has 1 aliphatic heterocycles. The largest absolute Gasteiger partial charge is 0.478 e. The van der Waals surface area contributed by atoms with Gasteiger partial charge >= 0.3 is 5.97 Å². The Morgan fingerprint density at radius 1 is 1.08 bits per heavy atom. The van der Waals surface area contributed by atoms with Crippen LogP contribution in [0.4, 0.5) is 0 Å². The molecule has 0 amide bonds. The SMILES string of the molecule is O=C(O)c1cc(-c2ccccc2CO)cc(S(=O)(=O)N2CCCC2)c1.